The third-order valence-electron chi connectivity index (χ3n) is 6.75. The molecule has 0 saturated carbocycles. The fraction of sp³-hybridized carbons (Fsp3) is 0.407. The van der Waals surface area contributed by atoms with Crippen molar-refractivity contribution in [3.63, 3.8) is 0 Å². The van der Waals surface area contributed by atoms with E-state index in [0.717, 1.165) is 48.9 Å². The summed E-state index contributed by atoms with van der Waals surface area (Å²) in [5, 5.41) is 0.770. The number of hydrogen-bond acceptors (Lipinski definition) is 3. The molecule has 2 unspecified atom stereocenters. The zero-order valence-corrected chi connectivity index (χ0v) is 19.5. The van der Waals surface area contributed by atoms with Crippen molar-refractivity contribution in [1.29, 1.82) is 0 Å². The molecule has 2 aliphatic rings. The first-order chi connectivity index (χ1) is 15.0. The van der Waals surface area contributed by atoms with Crippen molar-refractivity contribution in [3.8, 4) is 11.5 Å². The van der Waals surface area contributed by atoms with Gasteiger partial charge in [0.2, 0.25) is 0 Å². The molecule has 2 atom stereocenters. The number of methoxy groups -OCH3 is 2. The Balaban J connectivity index is 1.70. The van der Waals surface area contributed by atoms with E-state index in [-0.39, 0.29) is 6.04 Å². The van der Waals surface area contributed by atoms with Crippen molar-refractivity contribution in [3.05, 3.63) is 81.9 Å². The molecule has 164 valence electrons. The lowest BCUT2D eigenvalue weighted by Gasteiger charge is -2.39. The van der Waals surface area contributed by atoms with Gasteiger partial charge in [-0.2, -0.15) is 0 Å². The van der Waals surface area contributed by atoms with Crippen LogP contribution in [0.15, 0.2) is 60.2 Å². The Kier molecular flexibility index (Phi) is 6.74. The first-order valence-corrected chi connectivity index (χ1v) is 11.5. The maximum atomic E-state index is 6.40. The maximum Gasteiger partial charge on any atom is 0.161 e. The Bertz CT molecular complexity index is 997. The molecule has 4 rings (SSSR count). The molecule has 2 aromatic rings. The lowest BCUT2D eigenvalue weighted by molar-refractivity contribution is 0.226. The summed E-state index contributed by atoms with van der Waals surface area (Å²) >= 11 is 6.40. The standard InChI is InChI=1S/C27H32ClNO2/c1-18(2)20-10-8-19(9-11-20)17-29-13-12-21-15-25(30-3)26(31-4)16-24(21)27(29)22-6-5-7-23(28)14-22/h5-8,14-16,20,27H,1,9-13,17H2,2-4H3. The molecule has 0 radical (unpaired) electrons. The van der Waals surface area contributed by atoms with Crippen LogP contribution in [0.4, 0.5) is 0 Å². The molecule has 0 N–H and O–H groups in total. The number of hydrogen-bond donors (Lipinski definition) is 0. The second kappa shape index (κ2) is 9.50. The molecule has 4 heteroatoms. The van der Waals surface area contributed by atoms with Crippen molar-refractivity contribution in [2.45, 2.75) is 38.6 Å². The van der Waals surface area contributed by atoms with Crippen LogP contribution in [0.2, 0.25) is 5.02 Å². The van der Waals surface area contributed by atoms with Crippen LogP contribution in [0, 0.1) is 5.92 Å². The van der Waals surface area contributed by atoms with Gasteiger partial charge in [0.1, 0.15) is 0 Å². The lowest BCUT2D eigenvalue weighted by Crippen LogP contribution is -2.37. The van der Waals surface area contributed by atoms with Gasteiger partial charge >= 0.3 is 0 Å². The Morgan fingerprint density at radius 3 is 2.55 bits per heavy atom. The minimum Gasteiger partial charge on any atom is -0.493 e. The van der Waals surface area contributed by atoms with Gasteiger partial charge in [-0.1, -0.05) is 47.5 Å². The number of fused-ring (bicyclic) bond motifs is 1. The summed E-state index contributed by atoms with van der Waals surface area (Å²) in [6, 6.07) is 12.7. The van der Waals surface area contributed by atoms with E-state index in [1.165, 1.54) is 34.3 Å². The fourth-order valence-electron chi connectivity index (χ4n) is 4.98. The second-order valence-corrected chi connectivity index (χ2v) is 9.20. The molecular formula is C27H32ClNO2. The summed E-state index contributed by atoms with van der Waals surface area (Å²) < 4.78 is 11.2. The van der Waals surface area contributed by atoms with Crippen LogP contribution in [-0.4, -0.2) is 32.2 Å². The third-order valence-corrected chi connectivity index (χ3v) is 6.98. The highest BCUT2D eigenvalue weighted by molar-refractivity contribution is 6.30. The van der Waals surface area contributed by atoms with Gasteiger partial charge in [-0.15, -0.1) is 0 Å². The summed E-state index contributed by atoms with van der Waals surface area (Å²) in [5.41, 5.74) is 6.66. The third kappa shape index (κ3) is 4.68. The largest absolute Gasteiger partial charge is 0.493 e. The van der Waals surface area contributed by atoms with Crippen LogP contribution in [0.3, 0.4) is 0 Å². The van der Waals surface area contributed by atoms with Gasteiger partial charge in [0, 0.05) is 18.1 Å². The Labute approximate surface area is 191 Å². The molecule has 0 spiro atoms. The van der Waals surface area contributed by atoms with Crippen LogP contribution in [0.5, 0.6) is 11.5 Å². The van der Waals surface area contributed by atoms with Crippen LogP contribution < -0.4 is 9.47 Å². The quantitative estimate of drug-likeness (QED) is 0.474. The van der Waals surface area contributed by atoms with E-state index in [0.29, 0.717) is 5.92 Å². The van der Waals surface area contributed by atoms with Gasteiger partial charge in [-0.05, 0) is 79.5 Å². The fourth-order valence-corrected chi connectivity index (χ4v) is 5.17. The van der Waals surface area contributed by atoms with Gasteiger partial charge in [-0.25, -0.2) is 0 Å². The molecule has 0 fully saturated rings. The van der Waals surface area contributed by atoms with E-state index in [9.17, 15) is 0 Å². The van der Waals surface area contributed by atoms with E-state index >= 15 is 0 Å². The summed E-state index contributed by atoms with van der Waals surface area (Å²) in [7, 11) is 3.39. The lowest BCUT2D eigenvalue weighted by atomic mass is 9.84. The second-order valence-electron chi connectivity index (χ2n) is 8.76. The van der Waals surface area contributed by atoms with E-state index in [4.69, 9.17) is 21.1 Å². The number of benzene rings is 2. The van der Waals surface area contributed by atoms with Crippen molar-refractivity contribution in [1.82, 2.24) is 4.90 Å². The van der Waals surface area contributed by atoms with Crippen LogP contribution in [0.1, 0.15) is 48.9 Å². The Morgan fingerprint density at radius 1 is 1.13 bits per heavy atom. The summed E-state index contributed by atoms with van der Waals surface area (Å²) in [4.78, 5) is 2.59. The molecule has 0 aromatic heterocycles. The summed E-state index contributed by atoms with van der Waals surface area (Å²) in [6.07, 6.45) is 6.91. The molecule has 0 saturated heterocycles. The molecule has 1 aliphatic heterocycles. The van der Waals surface area contributed by atoms with Crippen LogP contribution >= 0.6 is 11.6 Å². The molecule has 1 aliphatic carbocycles. The zero-order chi connectivity index (χ0) is 22.0. The van der Waals surface area contributed by atoms with Gasteiger partial charge in [0.15, 0.2) is 11.5 Å². The average Bonchev–Trinajstić information content (AvgIpc) is 2.78. The van der Waals surface area contributed by atoms with Crippen LogP contribution in [0.25, 0.3) is 0 Å². The molecule has 0 amide bonds. The molecule has 1 heterocycles. The highest BCUT2D eigenvalue weighted by Gasteiger charge is 2.31. The number of allylic oxidation sites excluding steroid dienone is 2. The van der Waals surface area contributed by atoms with Gasteiger partial charge in [0.05, 0.1) is 20.3 Å². The zero-order valence-electron chi connectivity index (χ0n) is 18.8. The van der Waals surface area contributed by atoms with E-state index in [2.05, 4.69) is 48.7 Å². The van der Waals surface area contributed by atoms with Crippen molar-refractivity contribution >= 4 is 11.6 Å². The highest BCUT2D eigenvalue weighted by Crippen LogP contribution is 2.42. The van der Waals surface area contributed by atoms with E-state index in [1.807, 2.05) is 12.1 Å². The van der Waals surface area contributed by atoms with Gasteiger partial charge in [-0.3, -0.25) is 4.90 Å². The van der Waals surface area contributed by atoms with E-state index < -0.39 is 0 Å². The Hall–Kier alpha value is -2.23. The highest BCUT2D eigenvalue weighted by atomic mass is 35.5. The molecule has 3 nitrogen and oxygen atoms in total. The van der Waals surface area contributed by atoms with Crippen LogP contribution in [-0.2, 0) is 6.42 Å². The minimum atomic E-state index is 0.141. The number of halogens is 1. The predicted octanol–water partition coefficient (Wildman–Crippen LogP) is 6.61. The van der Waals surface area contributed by atoms with Crippen molar-refractivity contribution in [2.24, 2.45) is 5.92 Å². The maximum absolute atomic E-state index is 6.40. The summed E-state index contributed by atoms with van der Waals surface area (Å²) in [6.45, 7) is 8.30. The smallest absolute Gasteiger partial charge is 0.161 e. The molecule has 0 bridgehead atoms. The minimum absolute atomic E-state index is 0.141. The van der Waals surface area contributed by atoms with E-state index in [1.54, 1.807) is 14.2 Å². The molecular weight excluding hydrogens is 406 g/mol. The van der Waals surface area contributed by atoms with Crippen molar-refractivity contribution < 1.29 is 9.47 Å². The number of ether oxygens (including phenoxy) is 2. The van der Waals surface area contributed by atoms with Crippen molar-refractivity contribution in [2.75, 3.05) is 27.3 Å². The molecule has 31 heavy (non-hydrogen) atoms. The summed E-state index contributed by atoms with van der Waals surface area (Å²) in [5.74, 6) is 2.20. The monoisotopic (exact) mass is 437 g/mol. The van der Waals surface area contributed by atoms with Gasteiger partial charge < -0.3 is 9.47 Å². The number of rotatable bonds is 6. The number of nitrogens with zero attached hydrogens (tertiary/aromatic N) is 1. The van der Waals surface area contributed by atoms with Gasteiger partial charge in [0.25, 0.3) is 0 Å². The average molecular weight is 438 g/mol. The Morgan fingerprint density at radius 2 is 1.90 bits per heavy atom. The first kappa shape index (κ1) is 22.0. The normalized spacial score (nSPS) is 21.2. The molecule has 2 aromatic carbocycles. The predicted molar refractivity (Wildman–Crippen MR) is 128 cm³/mol. The SMILES string of the molecule is C=C(C)C1CC=C(CN2CCc3cc(OC)c(OC)cc3C2c2cccc(Cl)c2)CC1. The topological polar surface area (TPSA) is 21.7 Å². The first-order valence-electron chi connectivity index (χ1n) is 11.1.